The molecule has 2 nitrogen and oxygen atoms in total. The van der Waals surface area contributed by atoms with Gasteiger partial charge in [0.05, 0.1) is 6.61 Å². The van der Waals surface area contributed by atoms with Gasteiger partial charge in [-0.05, 0) is 42.0 Å². The molecule has 2 rings (SSSR count). The maximum Gasteiger partial charge on any atom is 0.417 e. The molecular weight excluding hydrogens is 224 g/mol. The van der Waals surface area contributed by atoms with Crippen LogP contribution in [0.25, 0.3) is 10.8 Å². The van der Waals surface area contributed by atoms with E-state index in [9.17, 15) is 4.79 Å². The molecule has 0 aliphatic heterocycles. The first-order chi connectivity index (χ1) is 8.90. The van der Waals surface area contributed by atoms with Gasteiger partial charge >= 0.3 is 6.47 Å². The second-order valence-electron chi connectivity index (χ2n) is 4.42. The van der Waals surface area contributed by atoms with Crippen molar-refractivity contribution in [1.29, 1.82) is 0 Å². The lowest BCUT2D eigenvalue weighted by Gasteiger charge is -2.04. The summed E-state index contributed by atoms with van der Waals surface area (Å²) in [5.41, 5.74) is 1.37. The van der Waals surface area contributed by atoms with Gasteiger partial charge < -0.3 is 4.74 Å². The SMILES string of the molecule is O=[C]OCCCCCc1ccc2ccccc2c1. The molecule has 0 fully saturated rings. The van der Waals surface area contributed by atoms with Crippen LogP contribution in [0, 0.1) is 0 Å². The summed E-state index contributed by atoms with van der Waals surface area (Å²) in [4.78, 5) is 9.84. The van der Waals surface area contributed by atoms with Crippen molar-refractivity contribution in [3.05, 3.63) is 48.0 Å². The maximum atomic E-state index is 9.84. The first kappa shape index (κ1) is 12.6. The molecule has 0 aliphatic rings. The number of benzene rings is 2. The van der Waals surface area contributed by atoms with Gasteiger partial charge in [-0.2, -0.15) is 0 Å². The van der Waals surface area contributed by atoms with E-state index in [1.165, 1.54) is 22.8 Å². The zero-order valence-electron chi connectivity index (χ0n) is 10.4. The summed E-state index contributed by atoms with van der Waals surface area (Å²) >= 11 is 0. The molecule has 2 aromatic carbocycles. The van der Waals surface area contributed by atoms with Gasteiger partial charge in [-0.3, -0.25) is 0 Å². The Hall–Kier alpha value is -1.83. The first-order valence-electron chi connectivity index (χ1n) is 6.37. The van der Waals surface area contributed by atoms with Crippen LogP contribution >= 0.6 is 0 Å². The molecular formula is C16H17O2. The number of hydrogen-bond acceptors (Lipinski definition) is 2. The monoisotopic (exact) mass is 241 g/mol. The fourth-order valence-electron chi connectivity index (χ4n) is 2.12. The second-order valence-corrected chi connectivity index (χ2v) is 4.42. The highest BCUT2D eigenvalue weighted by Gasteiger charge is 1.97. The van der Waals surface area contributed by atoms with Crippen molar-refractivity contribution < 1.29 is 9.53 Å². The fraction of sp³-hybridized carbons (Fsp3) is 0.312. The summed E-state index contributed by atoms with van der Waals surface area (Å²) in [6.45, 7) is 1.93. The zero-order chi connectivity index (χ0) is 12.6. The van der Waals surface area contributed by atoms with Crippen molar-refractivity contribution in [3.63, 3.8) is 0 Å². The van der Waals surface area contributed by atoms with Gasteiger partial charge in [0.2, 0.25) is 0 Å². The van der Waals surface area contributed by atoms with Crippen LogP contribution in [-0.4, -0.2) is 13.1 Å². The Kier molecular flexibility index (Phi) is 4.77. The Morgan fingerprint density at radius 1 is 0.944 bits per heavy atom. The van der Waals surface area contributed by atoms with Gasteiger partial charge in [0, 0.05) is 0 Å². The van der Waals surface area contributed by atoms with Crippen molar-refractivity contribution in [2.75, 3.05) is 6.61 Å². The normalized spacial score (nSPS) is 10.4. The molecule has 0 atom stereocenters. The quantitative estimate of drug-likeness (QED) is 0.692. The average molecular weight is 241 g/mol. The van der Waals surface area contributed by atoms with Crippen LogP contribution in [0.3, 0.4) is 0 Å². The third kappa shape index (κ3) is 3.59. The minimum absolute atomic E-state index is 0.487. The van der Waals surface area contributed by atoms with Gasteiger partial charge in [0.15, 0.2) is 0 Å². The number of fused-ring (bicyclic) bond motifs is 1. The van der Waals surface area contributed by atoms with Crippen molar-refractivity contribution in [1.82, 2.24) is 0 Å². The van der Waals surface area contributed by atoms with Crippen LogP contribution in [0.4, 0.5) is 0 Å². The molecule has 0 heterocycles. The summed E-state index contributed by atoms with van der Waals surface area (Å²) in [7, 11) is 0. The standard InChI is InChI=1S/C16H17O2/c17-13-18-11-5-1-2-6-14-9-10-15-7-3-4-8-16(15)12-14/h3-4,7-10,12H,1-2,5-6,11H2. The van der Waals surface area contributed by atoms with E-state index in [2.05, 4.69) is 47.2 Å². The van der Waals surface area contributed by atoms with Crippen LogP contribution < -0.4 is 0 Å². The molecule has 0 N–H and O–H groups in total. The van der Waals surface area contributed by atoms with Gasteiger partial charge in [0.1, 0.15) is 0 Å². The molecule has 0 spiro atoms. The molecule has 0 aromatic heterocycles. The summed E-state index contributed by atoms with van der Waals surface area (Å²) < 4.78 is 4.54. The van der Waals surface area contributed by atoms with Crippen molar-refractivity contribution in [2.24, 2.45) is 0 Å². The number of rotatable bonds is 7. The number of hydrogen-bond donors (Lipinski definition) is 0. The summed E-state index contributed by atoms with van der Waals surface area (Å²) in [5.74, 6) is 0. The van der Waals surface area contributed by atoms with Crippen LogP contribution in [0.5, 0.6) is 0 Å². The molecule has 0 bridgehead atoms. The highest BCUT2D eigenvalue weighted by Crippen LogP contribution is 2.17. The van der Waals surface area contributed by atoms with E-state index in [4.69, 9.17) is 0 Å². The largest absolute Gasteiger partial charge is 0.457 e. The lowest BCUT2D eigenvalue weighted by Crippen LogP contribution is -1.92. The molecule has 1 radical (unpaired) electrons. The van der Waals surface area contributed by atoms with Gasteiger partial charge in [-0.1, -0.05) is 42.5 Å². The predicted octanol–water partition coefficient (Wildman–Crippen LogP) is 3.64. The molecule has 0 saturated carbocycles. The zero-order valence-corrected chi connectivity index (χ0v) is 10.4. The van der Waals surface area contributed by atoms with Crippen molar-refractivity contribution >= 4 is 17.2 Å². The summed E-state index contributed by atoms with van der Waals surface area (Å²) in [6, 6.07) is 15.0. The molecule has 2 heteroatoms. The molecule has 0 aliphatic carbocycles. The van der Waals surface area contributed by atoms with Gasteiger partial charge in [-0.15, -0.1) is 0 Å². The van der Waals surface area contributed by atoms with E-state index >= 15 is 0 Å². The molecule has 18 heavy (non-hydrogen) atoms. The van der Waals surface area contributed by atoms with Crippen molar-refractivity contribution in [3.8, 4) is 0 Å². The topological polar surface area (TPSA) is 26.3 Å². The lowest BCUT2D eigenvalue weighted by atomic mass is 10.0. The Balaban J connectivity index is 1.82. The van der Waals surface area contributed by atoms with E-state index in [-0.39, 0.29) is 0 Å². The highest BCUT2D eigenvalue weighted by atomic mass is 16.5. The molecule has 0 amide bonds. The molecule has 0 saturated heterocycles. The van der Waals surface area contributed by atoms with Crippen LogP contribution in [-0.2, 0) is 16.0 Å². The number of unbranched alkanes of at least 4 members (excludes halogenated alkanes) is 2. The molecule has 93 valence electrons. The highest BCUT2D eigenvalue weighted by molar-refractivity contribution is 5.82. The van der Waals surface area contributed by atoms with E-state index in [0.717, 1.165) is 25.7 Å². The third-order valence-corrected chi connectivity index (χ3v) is 3.08. The van der Waals surface area contributed by atoms with E-state index in [1.807, 2.05) is 0 Å². The maximum absolute atomic E-state index is 9.84. The van der Waals surface area contributed by atoms with E-state index in [1.54, 1.807) is 0 Å². The molecule has 0 unspecified atom stereocenters. The molecule has 2 aromatic rings. The first-order valence-corrected chi connectivity index (χ1v) is 6.37. The smallest absolute Gasteiger partial charge is 0.417 e. The third-order valence-electron chi connectivity index (χ3n) is 3.08. The summed E-state index contributed by atoms with van der Waals surface area (Å²) in [6.07, 6.45) is 4.20. The second kappa shape index (κ2) is 6.80. The van der Waals surface area contributed by atoms with Crippen LogP contribution in [0.15, 0.2) is 42.5 Å². The van der Waals surface area contributed by atoms with Crippen LogP contribution in [0.2, 0.25) is 0 Å². The Morgan fingerprint density at radius 3 is 2.61 bits per heavy atom. The van der Waals surface area contributed by atoms with E-state index < -0.39 is 0 Å². The summed E-state index contributed by atoms with van der Waals surface area (Å²) in [5, 5.41) is 2.59. The Morgan fingerprint density at radius 2 is 1.78 bits per heavy atom. The minimum Gasteiger partial charge on any atom is -0.457 e. The number of carbonyl (C=O) groups excluding carboxylic acids is 1. The van der Waals surface area contributed by atoms with Crippen molar-refractivity contribution in [2.45, 2.75) is 25.7 Å². The predicted molar refractivity (Wildman–Crippen MR) is 73.1 cm³/mol. The Bertz CT molecular complexity index is 505. The average Bonchev–Trinajstić information content (AvgIpc) is 2.42. The van der Waals surface area contributed by atoms with Gasteiger partial charge in [0.25, 0.3) is 0 Å². The number of aryl methyl sites for hydroxylation is 1. The lowest BCUT2D eigenvalue weighted by molar-refractivity contribution is 0.269. The minimum atomic E-state index is 0.487. The van der Waals surface area contributed by atoms with Crippen LogP contribution in [0.1, 0.15) is 24.8 Å². The number of ether oxygens (including phenoxy) is 1. The van der Waals surface area contributed by atoms with E-state index in [0.29, 0.717) is 6.61 Å². The Labute approximate surface area is 108 Å². The van der Waals surface area contributed by atoms with Gasteiger partial charge in [-0.25, -0.2) is 4.79 Å². The fourth-order valence-corrected chi connectivity index (χ4v) is 2.12.